The van der Waals surface area contributed by atoms with Crippen LogP contribution in [0.25, 0.3) is 0 Å². The van der Waals surface area contributed by atoms with Gasteiger partial charge in [-0.3, -0.25) is 24.0 Å². The predicted octanol–water partition coefficient (Wildman–Crippen LogP) is 9.01. The molecule has 1 atom stereocenters. The first kappa shape index (κ1) is 40.1. The first-order valence-corrected chi connectivity index (χ1v) is 19.1. The van der Waals surface area contributed by atoms with Crippen LogP contribution in [0.15, 0.2) is 175 Å². The van der Waals surface area contributed by atoms with E-state index in [-0.39, 0.29) is 34.4 Å². The smallest absolute Gasteiger partial charge is 0.255 e. The van der Waals surface area contributed by atoms with Gasteiger partial charge in [0, 0.05) is 67.5 Å². The van der Waals surface area contributed by atoms with Crippen molar-refractivity contribution in [2.75, 3.05) is 31.9 Å². The highest BCUT2D eigenvalue weighted by atomic mass is 16.3. The predicted molar refractivity (Wildman–Crippen MR) is 234 cm³/mol. The number of hydrogen-bond acceptors (Lipinski definition) is 7. The number of benzene rings is 6. The van der Waals surface area contributed by atoms with Gasteiger partial charge in [0.15, 0.2) is 6.23 Å². The monoisotopic (exact) mass is 796 g/mol. The second-order valence-corrected chi connectivity index (χ2v) is 13.8. The Bertz CT molecular complexity index is 2570. The van der Waals surface area contributed by atoms with Gasteiger partial charge >= 0.3 is 0 Å². The summed E-state index contributed by atoms with van der Waals surface area (Å²) >= 11 is 0. The van der Waals surface area contributed by atoms with E-state index in [0.29, 0.717) is 50.8 Å². The van der Waals surface area contributed by atoms with Gasteiger partial charge in [-0.15, -0.1) is 0 Å². The summed E-state index contributed by atoms with van der Waals surface area (Å²) < 4.78 is 0. The number of hydrogen-bond donors (Lipinski definition) is 7. The molecule has 0 saturated heterocycles. The van der Waals surface area contributed by atoms with Crippen molar-refractivity contribution in [2.45, 2.75) is 19.1 Å². The third-order valence-corrected chi connectivity index (χ3v) is 9.37. The molecule has 6 aromatic rings. The van der Waals surface area contributed by atoms with E-state index in [1.807, 2.05) is 24.3 Å². The maximum absolute atomic E-state index is 13.7. The highest BCUT2D eigenvalue weighted by molar-refractivity contribution is 6.10. The standard InChI is InChI=1S/C48H40N6O6/c55-43(31-10-4-1-5-11-31)49-37-16-22-40(23-17-37)52-46(58)34-28-35(47(59)53-41-24-18-38(19-25-41)50-44(56)32-12-6-2-7-13-32)30-36(29-34)48(60)54-42-26-20-39(21-27-42)51-45(57)33-14-8-3-9-15-33/h1-2,4-8,10-30,46,52,58H,3,9H2,(H,49,55)(H,50,56)(H,51,57)(H,53,59)(H,54,60). The molecule has 1 unspecified atom stereocenters. The van der Waals surface area contributed by atoms with Crippen LogP contribution in [-0.4, -0.2) is 34.6 Å². The third kappa shape index (κ3) is 10.6. The lowest BCUT2D eigenvalue weighted by Gasteiger charge is -2.18. The first-order chi connectivity index (χ1) is 29.2. The average molecular weight is 797 g/mol. The zero-order valence-electron chi connectivity index (χ0n) is 32.1. The van der Waals surface area contributed by atoms with Gasteiger partial charge in [0.05, 0.1) is 0 Å². The van der Waals surface area contributed by atoms with E-state index in [0.717, 1.165) is 12.8 Å². The topological polar surface area (TPSA) is 178 Å². The van der Waals surface area contributed by atoms with Gasteiger partial charge in [-0.25, -0.2) is 0 Å². The molecule has 298 valence electrons. The van der Waals surface area contributed by atoms with Crippen LogP contribution in [0.4, 0.5) is 34.1 Å². The van der Waals surface area contributed by atoms with Crippen molar-refractivity contribution >= 4 is 63.7 Å². The van der Waals surface area contributed by atoms with Crippen LogP contribution in [-0.2, 0) is 4.79 Å². The number of rotatable bonds is 13. The van der Waals surface area contributed by atoms with Crippen molar-refractivity contribution < 1.29 is 29.1 Å². The summed E-state index contributed by atoms with van der Waals surface area (Å²) in [5.74, 6) is -1.88. The minimum absolute atomic E-state index is 0.0862. The lowest BCUT2D eigenvalue weighted by Crippen LogP contribution is -2.19. The Kier molecular flexibility index (Phi) is 12.6. The van der Waals surface area contributed by atoms with Gasteiger partial charge in [-0.2, -0.15) is 0 Å². The van der Waals surface area contributed by atoms with E-state index in [4.69, 9.17) is 0 Å². The lowest BCUT2D eigenvalue weighted by molar-refractivity contribution is -0.112. The van der Waals surface area contributed by atoms with Crippen molar-refractivity contribution in [1.29, 1.82) is 0 Å². The Morgan fingerprint density at radius 3 is 1.17 bits per heavy atom. The van der Waals surface area contributed by atoms with Crippen LogP contribution >= 0.6 is 0 Å². The maximum atomic E-state index is 13.7. The number of amides is 5. The number of anilines is 6. The molecular weight excluding hydrogens is 757 g/mol. The number of aliphatic hydroxyl groups is 1. The Hall–Kier alpha value is -8.09. The Morgan fingerprint density at radius 2 is 0.783 bits per heavy atom. The molecule has 0 fully saturated rings. The van der Waals surface area contributed by atoms with Crippen molar-refractivity contribution in [3.05, 3.63) is 203 Å². The molecule has 0 heterocycles. The van der Waals surface area contributed by atoms with Crippen molar-refractivity contribution in [3.63, 3.8) is 0 Å². The molecule has 1 aliphatic rings. The molecule has 5 amide bonds. The van der Waals surface area contributed by atoms with Gasteiger partial charge in [-0.1, -0.05) is 54.6 Å². The number of nitrogens with one attached hydrogen (secondary N) is 6. The molecule has 1 aliphatic carbocycles. The third-order valence-electron chi connectivity index (χ3n) is 9.37. The van der Waals surface area contributed by atoms with E-state index < -0.39 is 18.0 Å². The number of carbonyl (C=O) groups excluding carboxylic acids is 5. The summed E-state index contributed by atoms with van der Waals surface area (Å²) in [6.07, 6.45) is 5.96. The molecule has 0 radical (unpaired) electrons. The molecule has 0 saturated carbocycles. The molecule has 0 aliphatic heterocycles. The molecule has 6 aromatic carbocycles. The van der Waals surface area contributed by atoms with E-state index in [1.54, 1.807) is 127 Å². The number of aliphatic hydroxyl groups excluding tert-OH is 1. The summed E-state index contributed by atoms with van der Waals surface area (Å²) in [7, 11) is 0. The van der Waals surface area contributed by atoms with Crippen LogP contribution in [0.1, 0.15) is 66.1 Å². The Morgan fingerprint density at radius 1 is 0.417 bits per heavy atom. The van der Waals surface area contributed by atoms with E-state index >= 15 is 0 Å². The quantitative estimate of drug-likeness (QED) is 0.0570. The van der Waals surface area contributed by atoms with Crippen molar-refractivity contribution in [1.82, 2.24) is 0 Å². The Balaban J connectivity index is 1.07. The summed E-state index contributed by atoms with van der Waals surface area (Å²) in [6, 6.07) is 41.8. The summed E-state index contributed by atoms with van der Waals surface area (Å²) in [6.45, 7) is 0. The van der Waals surface area contributed by atoms with Crippen LogP contribution in [0.3, 0.4) is 0 Å². The van der Waals surface area contributed by atoms with Crippen molar-refractivity contribution in [2.24, 2.45) is 0 Å². The largest absolute Gasteiger partial charge is 0.369 e. The highest BCUT2D eigenvalue weighted by Crippen LogP contribution is 2.25. The summed E-state index contributed by atoms with van der Waals surface area (Å²) in [4.78, 5) is 65.3. The van der Waals surface area contributed by atoms with Crippen molar-refractivity contribution in [3.8, 4) is 0 Å². The molecule has 7 N–H and O–H groups in total. The second kappa shape index (κ2) is 18.9. The first-order valence-electron chi connectivity index (χ1n) is 19.1. The molecular formula is C48H40N6O6. The average Bonchev–Trinajstić information content (AvgIpc) is 3.29. The zero-order valence-corrected chi connectivity index (χ0v) is 32.1. The van der Waals surface area contributed by atoms with Gasteiger partial charge in [0.1, 0.15) is 0 Å². The molecule has 12 heteroatoms. The van der Waals surface area contributed by atoms with Crippen LogP contribution in [0, 0.1) is 0 Å². The van der Waals surface area contributed by atoms with Gasteiger partial charge in [0.25, 0.3) is 29.5 Å². The summed E-state index contributed by atoms with van der Waals surface area (Å²) in [5.41, 5.74) is 4.97. The SMILES string of the molecule is O=C(Nc1ccc(NC(=O)c2cc(C(=O)Nc3ccc(NC(=O)c4ccccc4)cc3)cc(C(O)Nc3ccc(NC(=O)c4ccccc4)cc3)c2)cc1)C1=CCCC=C1. The fraction of sp³-hybridized carbons (Fsp3) is 0.0625. The zero-order chi connectivity index (χ0) is 41.8. The molecule has 0 spiro atoms. The van der Waals surface area contributed by atoms with Crippen LogP contribution in [0.2, 0.25) is 0 Å². The van der Waals surface area contributed by atoms with E-state index in [9.17, 15) is 29.1 Å². The minimum Gasteiger partial charge on any atom is -0.369 e. The summed E-state index contributed by atoms with van der Waals surface area (Å²) in [5, 5.41) is 28.5. The Labute approximate surface area is 346 Å². The van der Waals surface area contributed by atoms with E-state index in [2.05, 4.69) is 31.9 Å². The van der Waals surface area contributed by atoms with Crippen LogP contribution in [0.5, 0.6) is 0 Å². The highest BCUT2D eigenvalue weighted by Gasteiger charge is 2.19. The molecule has 0 aromatic heterocycles. The van der Waals surface area contributed by atoms with Gasteiger partial charge in [-0.05, 0) is 128 Å². The molecule has 12 nitrogen and oxygen atoms in total. The number of allylic oxidation sites excluding steroid dienone is 2. The fourth-order valence-electron chi connectivity index (χ4n) is 6.21. The van der Waals surface area contributed by atoms with Gasteiger partial charge < -0.3 is 37.0 Å². The maximum Gasteiger partial charge on any atom is 0.255 e. The molecule has 0 bridgehead atoms. The molecule has 7 rings (SSSR count). The fourth-order valence-corrected chi connectivity index (χ4v) is 6.21. The lowest BCUT2D eigenvalue weighted by atomic mass is 10.0. The van der Waals surface area contributed by atoms with E-state index in [1.165, 1.54) is 18.2 Å². The number of carbonyl (C=O) groups is 5. The minimum atomic E-state index is -1.36. The molecule has 60 heavy (non-hydrogen) atoms. The normalized spacial score (nSPS) is 12.2. The van der Waals surface area contributed by atoms with Crippen LogP contribution < -0.4 is 31.9 Å². The second-order valence-electron chi connectivity index (χ2n) is 13.8. The van der Waals surface area contributed by atoms with Gasteiger partial charge in [0.2, 0.25) is 0 Å².